The molecule has 0 saturated heterocycles. The molecule has 0 aliphatic rings. The number of carbonyl (C=O) groups excluding carboxylic acids is 2. The van der Waals surface area contributed by atoms with Crippen LogP contribution in [0, 0.1) is 0 Å². The molecule has 0 fully saturated rings. The van der Waals surface area contributed by atoms with Crippen molar-refractivity contribution >= 4 is 11.9 Å². The highest BCUT2D eigenvalue weighted by Gasteiger charge is 2.13. The Morgan fingerprint density at radius 1 is 0.697 bits per heavy atom. The van der Waals surface area contributed by atoms with Crippen molar-refractivity contribution < 1.29 is 19.1 Å². The number of unbranched alkanes of at least 4 members (excludes halogenated alkanes) is 7. The lowest BCUT2D eigenvalue weighted by Crippen LogP contribution is -2.15. The number of hydrogen-bond donors (Lipinski definition) is 0. The summed E-state index contributed by atoms with van der Waals surface area (Å²) in [5.74, 6) is -0.342. The Hall–Kier alpha value is -2.62. The van der Waals surface area contributed by atoms with Crippen molar-refractivity contribution in [1.29, 1.82) is 0 Å². The molecule has 2 aromatic rings. The molecule has 180 valence electrons. The highest BCUT2D eigenvalue weighted by molar-refractivity contribution is 5.92. The van der Waals surface area contributed by atoms with E-state index in [1.807, 2.05) is 31.2 Å². The Labute approximate surface area is 199 Å². The minimum absolute atomic E-state index is 0.105. The highest BCUT2D eigenvalue weighted by Crippen LogP contribution is 2.17. The first-order valence-electron chi connectivity index (χ1n) is 12.7. The number of rotatable bonds is 15. The third-order valence-corrected chi connectivity index (χ3v) is 5.83. The van der Waals surface area contributed by atoms with E-state index < -0.39 is 5.97 Å². The van der Waals surface area contributed by atoms with Crippen molar-refractivity contribution in [1.82, 2.24) is 0 Å². The fourth-order valence-corrected chi connectivity index (χ4v) is 3.73. The molecule has 4 heteroatoms. The smallest absolute Gasteiger partial charge is 0.343 e. The maximum Gasteiger partial charge on any atom is 0.343 e. The third-order valence-electron chi connectivity index (χ3n) is 5.83. The monoisotopic (exact) mass is 452 g/mol. The summed E-state index contributed by atoms with van der Waals surface area (Å²) >= 11 is 0. The first kappa shape index (κ1) is 26.6. The van der Waals surface area contributed by atoms with E-state index in [-0.39, 0.29) is 12.1 Å². The Balaban J connectivity index is 1.79. The zero-order valence-electron chi connectivity index (χ0n) is 20.6. The molecular formula is C29H40O4. The summed E-state index contributed by atoms with van der Waals surface area (Å²) in [5, 5.41) is 0. The SMILES string of the molecule is CCCCCCCc1ccc(C(=O)Oc2ccc(C(=O)OC(C)CCCCCC)cc2)cc1. The second-order valence-corrected chi connectivity index (χ2v) is 8.84. The molecule has 0 saturated carbocycles. The standard InChI is InChI=1S/C29H40O4/c1-4-6-8-10-12-14-24-15-17-25(18-16-24)29(31)33-27-21-19-26(20-22-27)28(30)32-23(3)13-11-9-7-5-2/h15-23H,4-14H2,1-3H3. The van der Waals surface area contributed by atoms with Gasteiger partial charge in [-0.2, -0.15) is 0 Å². The molecule has 0 spiro atoms. The average molecular weight is 453 g/mol. The van der Waals surface area contributed by atoms with Crippen molar-refractivity contribution in [2.24, 2.45) is 0 Å². The van der Waals surface area contributed by atoms with Gasteiger partial charge in [-0.3, -0.25) is 0 Å². The number of benzene rings is 2. The normalized spacial score (nSPS) is 11.7. The van der Waals surface area contributed by atoms with Crippen LogP contribution >= 0.6 is 0 Å². The lowest BCUT2D eigenvalue weighted by molar-refractivity contribution is 0.0319. The van der Waals surface area contributed by atoms with Crippen molar-refractivity contribution in [2.45, 2.75) is 97.5 Å². The minimum atomic E-state index is -0.402. The summed E-state index contributed by atoms with van der Waals surface area (Å²) in [6.07, 6.45) is 12.7. The number of ether oxygens (including phenoxy) is 2. The summed E-state index contributed by atoms with van der Waals surface area (Å²) in [6.45, 7) is 6.33. The van der Waals surface area contributed by atoms with Crippen molar-refractivity contribution in [3.8, 4) is 5.75 Å². The Morgan fingerprint density at radius 3 is 1.88 bits per heavy atom. The van der Waals surface area contributed by atoms with E-state index >= 15 is 0 Å². The first-order valence-corrected chi connectivity index (χ1v) is 12.7. The predicted molar refractivity (Wildman–Crippen MR) is 134 cm³/mol. The lowest BCUT2D eigenvalue weighted by atomic mass is 10.0. The van der Waals surface area contributed by atoms with E-state index in [2.05, 4.69) is 13.8 Å². The van der Waals surface area contributed by atoms with Crippen LogP contribution in [0.4, 0.5) is 0 Å². The Kier molecular flexibility index (Phi) is 12.3. The van der Waals surface area contributed by atoms with Gasteiger partial charge in [0.1, 0.15) is 5.75 Å². The van der Waals surface area contributed by atoms with Gasteiger partial charge in [0.15, 0.2) is 0 Å². The van der Waals surface area contributed by atoms with E-state index in [0.717, 1.165) is 19.3 Å². The van der Waals surface area contributed by atoms with Gasteiger partial charge in [-0.15, -0.1) is 0 Å². The Bertz CT molecular complexity index is 824. The quantitative estimate of drug-likeness (QED) is 0.156. The molecule has 0 aliphatic heterocycles. The topological polar surface area (TPSA) is 52.6 Å². The largest absolute Gasteiger partial charge is 0.459 e. The molecule has 1 atom stereocenters. The fourth-order valence-electron chi connectivity index (χ4n) is 3.73. The van der Waals surface area contributed by atoms with Gasteiger partial charge in [-0.05, 0) is 74.6 Å². The molecule has 0 radical (unpaired) electrons. The molecule has 4 nitrogen and oxygen atoms in total. The van der Waals surface area contributed by atoms with Crippen molar-refractivity contribution in [3.05, 3.63) is 65.2 Å². The van der Waals surface area contributed by atoms with Crippen LogP contribution in [0.5, 0.6) is 5.75 Å². The molecule has 0 aliphatic carbocycles. The van der Waals surface area contributed by atoms with Gasteiger partial charge in [0.25, 0.3) is 0 Å². The van der Waals surface area contributed by atoms with Crippen LogP contribution in [0.1, 0.15) is 111 Å². The highest BCUT2D eigenvalue weighted by atomic mass is 16.5. The second kappa shape index (κ2) is 15.3. The summed E-state index contributed by atoms with van der Waals surface area (Å²) in [4.78, 5) is 24.8. The molecule has 2 aromatic carbocycles. The molecule has 0 heterocycles. The number of carbonyl (C=O) groups is 2. The number of aryl methyl sites for hydroxylation is 1. The molecule has 0 amide bonds. The fraction of sp³-hybridized carbons (Fsp3) is 0.517. The molecular weight excluding hydrogens is 412 g/mol. The van der Waals surface area contributed by atoms with E-state index in [0.29, 0.717) is 16.9 Å². The Morgan fingerprint density at radius 2 is 1.24 bits per heavy atom. The van der Waals surface area contributed by atoms with E-state index in [1.165, 1.54) is 56.9 Å². The summed E-state index contributed by atoms with van der Waals surface area (Å²) in [7, 11) is 0. The minimum Gasteiger partial charge on any atom is -0.459 e. The van der Waals surface area contributed by atoms with Crippen LogP contribution in [-0.4, -0.2) is 18.0 Å². The second-order valence-electron chi connectivity index (χ2n) is 8.84. The summed E-state index contributed by atoms with van der Waals surface area (Å²) in [6, 6.07) is 14.2. The molecule has 33 heavy (non-hydrogen) atoms. The van der Waals surface area contributed by atoms with E-state index in [9.17, 15) is 9.59 Å². The van der Waals surface area contributed by atoms with Crippen LogP contribution in [-0.2, 0) is 11.2 Å². The zero-order valence-corrected chi connectivity index (χ0v) is 20.6. The van der Waals surface area contributed by atoms with Gasteiger partial charge in [0.05, 0.1) is 17.2 Å². The van der Waals surface area contributed by atoms with Crippen LogP contribution in [0.25, 0.3) is 0 Å². The van der Waals surface area contributed by atoms with E-state index in [4.69, 9.17) is 9.47 Å². The summed E-state index contributed by atoms with van der Waals surface area (Å²) in [5.41, 5.74) is 2.22. The number of esters is 2. The third kappa shape index (κ3) is 10.2. The molecule has 0 aromatic heterocycles. The molecule has 0 N–H and O–H groups in total. The van der Waals surface area contributed by atoms with Gasteiger partial charge < -0.3 is 9.47 Å². The predicted octanol–water partition coefficient (Wildman–Crippen LogP) is 7.93. The molecule has 0 bridgehead atoms. The van der Waals surface area contributed by atoms with Crippen LogP contribution in [0.3, 0.4) is 0 Å². The first-order chi connectivity index (χ1) is 16.0. The van der Waals surface area contributed by atoms with Gasteiger partial charge in [0, 0.05) is 0 Å². The van der Waals surface area contributed by atoms with Gasteiger partial charge in [0.2, 0.25) is 0 Å². The summed E-state index contributed by atoms with van der Waals surface area (Å²) < 4.78 is 11.0. The lowest BCUT2D eigenvalue weighted by Gasteiger charge is -2.13. The van der Waals surface area contributed by atoms with Gasteiger partial charge >= 0.3 is 11.9 Å². The van der Waals surface area contributed by atoms with Crippen LogP contribution in [0.15, 0.2) is 48.5 Å². The van der Waals surface area contributed by atoms with E-state index in [1.54, 1.807) is 24.3 Å². The van der Waals surface area contributed by atoms with Crippen molar-refractivity contribution in [3.63, 3.8) is 0 Å². The maximum atomic E-state index is 12.5. The zero-order chi connectivity index (χ0) is 23.9. The molecule has 1 unspecified atom stereocenters. The van der Waals surface area contributed by atoms with Gasteiger partial charge in [-0.25, -0.2) is 9.59 Å². The maximum absolute atomic E-state index is 12.5. The van der Waals surface area contributed by atoms with Gasteiger partial charge in [-0.1, -0.05) is 70.9 Å². The molecule has 2 rings (SSSR count). The van der Waals surface area contributed by atoms with Crippen LogP contribution in [0.2, 0.25) is 0 Å². The van der Waals surface area contributed by atoms with Crippen LogP contribution < -0.4 is 4.74 Å². The van der Waals surface area contributed by atoms with Crippen molar-refractivity contribution in [2.75, 3.05) is 0 Å². The number of hydrogen-bond acceptors (Lipinski definition) is 4. The average Bonchev–Trinajstić information content (AvgIpc) is 2.82.